The molecule has 0 saturated heterocycles. The largest absolute Gasteiger partial charge is 0.299 e. The Bertz CT molecular complexity index is 433. The van der Waals surface area contributed by atoms with E-state index in [9.17, 15) is 4.79 Å². The van der Waals surface area contributed by atoms with Crippen molar-refractivity contribution in [2.24, 2.45) is 5.10 Å². The second-order valence-electron chi connectivity index (χ2n) is 3.75. The van der Waals surface area contributed by atoms with Crippen LogP contribution in [0.4, 0.5) is 0 Å². The van der Waals surface area contributed by atoms with Gasteiger partial charge in [-0.25, -0.2) is 0 Å². The van der Waals surface area contributed by atoms with Gasteiger partial charge in [0.25, 0.3) is 0 Å². The molecule has 0 saturated carbocycles. The van der Waals surface area contributed by atoms with Crippen LogP contribution in [0.1, 0.15) is 18.5 Å². The Morgan fingerprint density at radius 3 is 2.71 bits per heavy atom. The summed E-state index contributed by atoms with van der Waals surface area (Å²) in [4.78, 5) is 11.7. The first-order valence-electron chi connectivity index (χ1n) is 5.31. The fourth-order valence-electron chi connectivity index (χ4n) is 1.71. The molecule has 0 aliphatic carbocycles. The molecule has 1 aromatic rings. The molecule has 2 rings (SSSR count). The van der Waals surface area contributed by atoms with E-state index >= 15 is 0 Å². The summed E-state index contributed by atoms with van der Waals surface area (Å²) in [5, 5.41) is 4.18. The number of rotatable bonds is 2. The van der Waals surface area contributed by atoms with Gasteiger partial charge >= 0.3 is 0 Å². The standard InChI is InChI=1S/C12H14N2OS2/c1-8(15)11-10(9-6-4-3-5-7-9)13-14-12(16-2)17-11/h3-7,10-11,13H,1-2H3/t10-,11-/m1/s1. The Hall–Kier alpha value is -0.940. The lowest BCUT2D eigenvalue weighted by Gasteiger charge is -2.29. The van der Waals surface area contributed by atoms with Gasteiger partial charge in [-0.1, -0.05) is 42.1 Å². The van der Waals surface area contributed by atoms with Gasteiger partial charge in [-0.15, -0.1) is 11.8 Å². The highest BCUT2D eigenvalue weighted by Crippen LogP contribution is 2.34. The number of benzene rings is 1. The molecule has 0 amide bonds. The normalized spacial score (nSPS) is 23.8. The molecule has 17 heavy (non-hydrogen) atoms. The number of hydrogen-bond donors (Lipinski definition) is 1. The molecular weight excluding hydrogens is 252 g/mol. The van der Waals surface area contributed by atoms with E-state index in [1.54, 1.807) is 30.4 Å². The molecule has 0 bridgehead atoms. The van der Waals surface area contributed by atoms with Crippen LogP contribution >= 0.6 is 23.5 Å². The maximum Gasteiger partial charge on any atom is 0.150 e. The molecule has 0 fully saturated rings. The van der Waals surface area contributed by atoms with Crippen molar-refractivity contribution in [2.45, 2.75) is 18.2 Å². The maximum absolute atomic E-state index is 11.7. The molecular formula is C12H14N2OS2. The van der Waals surface area contributed by atoms with Crippen molar-refractivity contribution in [1.82, 2.24) is 5.43 Å². The molecule has 1 aliphatic rings. The van der Waals surface area contributed by atoms with Gasteiger partial charge in [0.2, 0.25) is 0 Å². The summed E-state index contributed by atoms with van der Waals surface area (Å²) in [6.45, 7) is 1.64. The molecule has 0 aromatic heterocycles. The van der Waals surface area contributed by atoms with E-state index in [4.69, 9.17) is 0 Å². The van der Waals surface area contributed by atoms with E-state index in [-0.39, 0.29) is 17.1 Å². The molecule has 1 aromatic carbocycles. The van der Waals surface area contributed by atoms with Crippen molar-refractivity contribution in [1.29, 1.82) is 0 Å². The molecule has 0 unspecified atom stereocenters. The number of carbonyl (C=O) groups excluding carboxylic acids is 1. The van der Waals surface area contributed by atoms with E-state index in [1.807, 2.05) is 36.6 Å². The zero-order valence-corrected chi connectivity index (χ0v) is 11.3. The summed E-state index contributed by atoms with van der Waals surface area (Å²) in [6, 6.07) is 9.94. The SMILES string of the molecule is CSC1=NN[C@H](c2ccccc2)[C@@H](C(C)=O)S1. The Labute approximate surface area is 109 Å². The molecule has 3 nitrogen and oxygen atoms in total. The number of thioether (sulfide) groups is 2. The predicted octanol–water partition coefficient (Wildman–Crippen LogP) is 2.66. The Balaban J connectivity index is 2.27. The average molecular weight is 266 g/mol. The Morgan fingerprint density at radius 2 is 2.12 bits per heavy atom. The maximum atomic E-state index is 11.7. The van der Waals surface area contributed by atoms with Gasteiger partial charge in [0.15, 0.2) is 0 Å². The smallest absolute Gasteiger partial charge is 0.150 e. The third-order valence-electron chi connectivity index (χ3n) is 2.56. The molecule has 1 aliphatic heterocycles. The first kappa shape index (κ1) is 12.5. The van der Waals surface area contributed by atoms with Gasteiger partial charge in [0.05, 0.1) is 11.3 Å². The van der Waals surface area contributed by atoms with Crippen molar-refractivity contribution in [3.8, 4) is 0 Å². The lowest BCUT2D eigenvalue weighted by Crippen LogP contribution is -2.36. The number of nitrogens with zero attached hydrogens (tertiary/aromatic N) is 1. The summed E-state index contributed by atoms with van der Waals surface area (Å²) >= 11 is 3.11. The second kappa shape index (κ2) is 5.60. The Kier molecular flexibility index (Phi) is 4.12. The van der Waals surface area contributed by atoms with E-state index in [0.29, 0.717) is 0 Å². The fraction of sp³-hybridized carbons (Fsp3) is 0.333. The zero-order chi connectivity index (χ0) is 12.3. The molecule has 0 radical (unpaired) electrons. The molecule has 0 spiro atoms. The first-order chi connectivity index (χ1) is 8.22. The van der Waals surface area contributed by atoms with E-state index in [2.05, 4.69) is 10.5 Å². The summed E-state index contributed by atoms with van der Waals surface area (Å²) in [5.74, 6) is 0.179. The van der Waals surface area contributed by atoms with Crippen molar-refractivity contribution >= 4 is 33.7 Å². The number of ketones is 1. The topological polar surface area (TPSA) is 41.5 Å². The number of hydrazone groups is 1. The highest BCUT2D eigenvalue weighted by Gasteiger charge is 2.32. The van der Waals surface area contributed by atoms with Gasteiger partial charge in [-0.2, -0.15) is 5.10 Å². The van der Waals surface area contributed by atoms with Crippen LogP contribution in [0, 0.1) is 0 Å². The molecule has 2 atom stereocenters. The van der Waals surface area contributed by atoms with Crippen molar-refractivity contribution in [3.05, 3.63) is 35.9 Å². The monoisotopic (exact) mass is 266 g/mol. The van der Waals surface area contributed by atoms with Crippen LogP contribution < -0.4 is 5.43 Å². The van der Waals surface area contributed by atoms with Gasteiger partial charge in [-0.3, -0.25) is 10.2 Å². The van der Waals surface area contributed by atoms with Gasteiger partial charge in [0.1, 0.15) is 10.2 Å². The lowest BCUT2D eigenvalue weighted by molar-refractivity contribution is -0.117. The van der Waals surface area contributed by atoms with Gasteiger partial charge in [0, 0.05) is 0 Å². The summed E-state index contributed by atoms with van der Waals surface area (Å²) in [5.41, 5.74) is 4.19. The summed E-state index contributed by atoms with van der Waals surface area (Å²) < 4.78 is 0.914. The van der Waals surface area contributed by atoms with E-state index in [1.165, 1.54) is 0 Å². The molecule has 1 N–H and O–H groups in total. The quantitative estimate of drug-likeness (QED) is 0.893. The minimum Gasteiger partial charge on any atom is -0.299 e. The molecule has 1 heterocycles. The number of carbonyl (C=O) groups is 1. The van der Waals surface area contributed by atoms with Crippen LogP contribution in [0.5, 0.6) is 0 Å². The second-order valence-corrected chi connectivity index (χ2v) is 5.93. The van der Waals surface area contributed by atoms with Crippen molar-refractivity contribution < 1.29 is 4.79 Å². The predicted molar refractivity (Wildman–Crippen MR) is 75.3 cm³/mol. The minimum atomic E-state index is -0.0997. The Morgan fingerprint density at radius 1 is 1.41 bits per heavy atom. The zero-order valence-electron chi connectivity index (χ0n) is 9.71. The highest BCUT2D eigenvalue weighted by atomic mass is 32.2. The van der Waals surface area contributed by atoms with Crippen molar-refractivity contribution in [2.75, 3.05) is 6.26 Å². The van der Waals surface area contributed by atoms with Crippen LogP contribution in [0.2, 0.25) is 0 Å². The fourth-order valence-corrected chi connectivity index (χ4v) is 3.40. The first-order valence-corrected chi connectivity index (χ1v) is 7.42. The minimum absolute atomic E-state index is 0.0328. The third-order valence-corrected chi connectivity index (χ3v) is 4.94. The summed E-state index contributed by atoms with van der Waals surface area (Å²) in [6.07, 6.45) is 1.97. The third kappa shape index (κ3) is 2.84. The molecule has 5 heteroatoms. The average Bonchev–Trinajstić information content (AvgIpc) is 2.39. The van der Waals surface area contributed by atoms with Crippen LogP contribution in [0.15, 0.2) is 35.4 Å². The van der Waals surface area contributed by atoms with Crippen LogP contribution in [-0.2, 0) is 4.79 Å². The van der Waals surface area contributed by atoms with Crippen LogP contribution in [0.3, 0.4) is 0 Å². The van der Waals surface area contributed by atoms with E-state index < -0.39 is 0 Å². The van der Waals surface area contributed by atoms with Crippen LogP contribution in [-0.4, -0.2) is 21.7 Å². The number of nitrogens with one attached hydrogen (secondary N) is 1. The number of Topliss-reactive ketones (excluding diaryl/α,β-unsaturated/α-hetero) is 1. The van der Waals surface area contributed by atoms with Crippen molar-refractivity contribution in [3.63, 3.8) is 0 Å². The lowest BCUT2D eigenvalue weighted by atomic mass is 10.0. The van der Waals surface area contributed by atoms with Gasteiger partial charge < -0.3 is 0 Å². The highest BCUT2D eigenvalue weighted by molar-refractivity contribution is 8.39. The number of hydrogen-bond acceptors (Lipinski definition) is 5. The van der Waals surface area contributed by atoms with E-state index in [0.717, 1.165) is 9.94 Å². The summed E-state index contributed by atoms with van der Waals surface area (Å²) in [7, 11) is 0. The van der Waals surface area contributed by atoms with Crippen LogP contribution in [0.25, 0.3) is 0 Å². The molecule has 90 valence electrons. The van der Waals surface area contributed by atoms with Gasteiger partial charge in [-0.05, 0) is 18.7 Å².